The molecule has 0 aliphatic carbocycles. The van der Waals surface area contributed by atoms with Crippen molar-refractivity contribution in [2.24, 2.45) is 0 Å². The van der Waals surface area contributed by atoms with Crippen molar-refractivity contribution in [3.8, 4) is 0 Å². The minimum Gasteiger partial charge on any atom is -0.398 e. The molecule has 0 aromatic heterocycles. The Balaban J connectivity index is 2.45. The Kier molecular flexibility index (Phi) is 1.35. The Labute approximate surface area is 68.4 Å². The first-order valence-corrected chi connectivity index (χ1v) is 3.91. The zero-order valence-electron chi connectivity index (χ0n) is 5.65. The molecule has 3 N–H and O–H groups in total. The second-order valence-electron chi connectivity index (χ2n) is 2.34. The van der Waals surface area contributed by atoms with Gasteiger partial charge in [-0.05, 0) is 6.07 Å². The standard InChI is InChI=1S/C7H7NO2S/c8-6-4-2-1-3-5(6)7(9)10-11-7/h1-4,9H,8H2. The highest BCUT2D eigenvalue weighted by Gasteiger charge is 2.48. The van der Waals surface area contributed by atoms with Crippen LogP contribution in [0, 0.1) is 0 Å². The SMILES string of the molecule is Nc1ccccc1C1(O)OS1. The smallest absolute Gasteiger partial charge is 0.282 e. The van der Waals surface area contributed by atoms with Crippen molar-refractivity contribution >= 4 is 17.7 Å². The van der Waals surface area contributed by atoms with E-state index in [4.69, 9.17) is 9.92 Å². The number of hydrogen-bond acceptors (Lipinski definition) is 4. The quantitative estimate of drug-likeness (QED) is 0.375. The van der Waals surface area contributed by atoms with Crippen LogP contribution in [0.3, 0.4) is 0 Å². The summed E-state index contributed by atoms with van der Waals surface area (Å²) < 4.78 is 4.76. The third-order valence-corrected chi connectivity index (χ3v) is 2.24. The van der Waals surface area contributed by atoms with E-state index in [1.807, 2.05) is 12.1 Å². The van der Waals surface area contributed by atoms with Crippen molar-refractivity contribution in [3.63, 3.8) is 0 Å². The number of para-hydroxylation sites is 1. The monoisotopic (exact) mass is 169 g/mol. The van der Waals surface area contributed by atoms with Gasteiger partial charge in [0.1, 0.15) is 0 Å². The van der Waals surface area contributed by atoms with E-state index in [-0.39, 0.29) is 0 Å². The molecular formula is C7H7NO2S. The Hall–Kier alpha value is -0.710. The number of hydrogen-bond donors (Lipinski definition) is 2. The van der Waals surface area contributed by atoms with Gasteiger partial charge < -0.3 is 10.8 Å². The predicted octanol–water partition coefficient (Wildman–Crippen LogP) is 1.05. The normalized spacial score (nSPS) is 28.5. The first-order chi connectivity index (χ1) is 5.22. The van der Waals surface area contributed by atoms with Gasteiger partial charge in [-0.1, -0.05) is 18.2 Å². The highest BCUT2D eigenvalue weighted by Crippen LogP contribution is 2.54. The van der Waals surface area contributed by atoms with Crippen molar-refractivity contribution in [2.45, 2.75) is 5.12 Å². The maximum Gasteiger partial charge on any atom is 0.282 e. The van der Waals surface area contributed by atoms with Crippen LogP contribution in [0.2, 0.25) is 0 Å². The lowest BCUT2D eigenvalue weighted by atomic mass is 10.2. The van der Waals surface area contributed by atoms with Gasteiger partial charge in [-0.3, -0.25) is 4.18 Å². The Bertz CT molecular complexity index is 286. The average Bonchev–Trinajstić information content (AvgIpc) is 2.70. The highest BCUT2D eigenvalue weighted by atomic mass is 32.2. The number of aliphatic hydroxyl groups is 1. The summed E-state index contributed by atoms with van der Waals surface area (Å²) >= 11 is 1.01. The molecule has 58 valence electrons. The topological polar surface area (TPSA) is 58.8 Å². The van der Waals surface area contributed by atoms with Gasteiger partial charge in [-0.2, -0.15) is 0 Å². The molecule has 2 rings (SSSR count). The first kappa shape index (κ1) is 6.97. The van der Waals surface area contributed by atoms with Gasteiger partial charge in [0.15, 0.2) is 0 Å². The minimum absolute atomic E-state index is 0.556. The molecule has 1 aromatic carbocycles. The van der Waals surface area contributed by atoms with Crippen LogP contribution >= 0.6 is 12.0 Å². The fraction of sp³-hybridized carbons (Fsp3) is 0.143. The molecule has 1 aliphatic rings. The van der Waals surface area contributed by atoms with Gasteiger partial charge in [-0.25, -0.2) is 0 Å². The largest absolute Gasteiger partial charge is 0.398 e. The third kappa shape index (κ3) is 1.09. The van der Waals surface area contributed by atoms with E-state index < -0.39 is 5.12 Å². The summed E-state index contributed by atoms with van der Waals surface area (Å²) in [5.74, 6) is 0. The van der Waals surface area contributed by atoms with Crippen LogP contribution in [0.25, 0.3) is 0 Å². The Morgan fingerprint density at radius 1 is 1.45 bits per heavy atom. The minimum atomic E-state index is -1.18. The number of benzene rings is 1. The van der Waals surface area contributed by atoms with E-state index in [0.29, 0.717) is 11.3 Å². The van der Waals surface area contributed by atoms with Crippen molar-refractivity contribution in [1.82, 2.24) is 0 Å². The highest BCUT2D eigenvalue weighted by molar-refractivity contribution is 8.00. The molecule has 11 heavy (non-hydrogen) atoms. The van der Waals surface area contributed by atoms with Gasteiger partial charge in [0.05, 0.1) is 12.0 Å². The van der Waals surface area contributed by atoms with Gasteiger partial charge in [0, 0.05) is 11.3 Å². The molecule has 4 heteroatoms. The van der Waals surface area contributed by atoms with Crippen LogP contribution < -0.4 is 5.73 Å². The zero-order valence-corrected chi connectivity index (χ0v) is 6.47. The average molecular weight is 169 g/mol. The predicted molar refractivity (Wildman–Crippen MR) is 43.4 cm³/mol. The summed E-state index contributed by atoms with van der Waals surface area (Å²) in [6.45, 7) is 0. The van der Waals surface area contributed by atoms with E-state index >= 15 is 0 Å². The van der Waals surface area contributed by atoms with E-state index in [1.54, 1.807) is 12.1 Å². The number of nitrogen functional groups attached to an aromatic ring is 1. The van der Waals surface area contributed by atoms with E-state index in [1.165, 1.54) is 0 Å². The second-order valence-corrected chi connectivity index (χ2v) is 3.22. The summed E-state index contributed by atoms with van der Waals surface area (Å²) in [4.78, 5) is 0. The fourth-order valence-corrected chi connectivity index (χ4v) is 1.36. The summed E-state index contributed by atoms with van der Waals surface area (Å²) in [5, 5.41) is 8.27. The first-order valence-electron chi connectivity index (χ1n) is 3.16. The second kappa shape index (κ2) is 2.14. The zero-order chi connectivity index (χ0) is 7.90. The van der Waals surface area contributed by atoms with Crippen molar-refractivity contribution in [1.29, 1.82) is 0 Å². The number of rotatable bonds is 1. The molecule has 0 amide bonds. The van der Waals surface area contributed by atoms with Crippen LogP contribution in [-0.4, -0.2) is 5.11 Å². The van der Waals surface area contributed by atoms with Crippen LogP contribution in [0.1, 0.15) is 5.56 Å². The molecular weight excluding hydrogens is 162 g/mol. The molecule has 0 spiro atoms. The van der Waals surface area contributed by atoms with Crippen molar-refractivity contribution in [2.75, 3.05) is 5.73 Å². The van der Waals surface area contributed by atoms with Gasteiger partial charge >= 0.3 is 0 Å². The molecule has 1 heterocycles. The number of anilines is 1. The molecule has 0 bridgehead atoms. The summed E-state index contributed by atoms with van der Waals surface area (Å²) in [7, 11) is 0. The van der Waals surface area contributed by atoms with Crippen molar-refractivity contribution in [3.05, 3.63) is 29.8 Å². The van der Waals surface area contributed by atoms with E-state index in [9.17, 15) is 5.11 Å². The van der Waals surface area contributed by atoms with Crippen LogP contribution in [-0.2, 0) is 9.30 Å². The molecule has 1 fully saturated rings. The lowest BCUT2D eigenvalue weighted by Gasteiger charge is -2.04. The van der Waals surface area contributed by atoms with E-state index in [0.717, 1.165) is 12.0 Å². The van der Waals surface area contributed by atoms with E-state index in [2.05, 4.69) is 0 Å². The molecule has 1 saturated heterocycles. The lowest BCUT2D eigenvalue weighted by Crippen LogP contribution is -2.06. The Morgan fingerprint density at radius 3 is 2.64 bits per heavy atom. The third-order valence-electron chi connectivity index (χ3n) is 1.54. The van der Waals surface area contributed by atoms with Crippen molar-refractivity contribution < 1.29 is 9.29 Å². The maximum absolute atomic E-state index is 9.44. The maximum atomic E-state index is 9.44. The molecule has 1 atom stereocenters. The molecule has 0 saturated carbocycles. The van der Waals surface area contributed by atoms with Crippen LogP contribution in [0.5, 0.6) is 0 Å². The lowest BCUT2D eigenvalue weighted by molar-refractivity contribution is 0.0344. The Morgan fingerprint density at radius 2 is 2.09 bits per heavy atom. The van der Waals surface area contributed by atoms with Crippen LogP contribution in [0.4, 0.5) is 5.69 Å². The molecule has 0 radical (unpaired) electrons. The van der Waals surface area contributed by atoms with Gasteiger partial charge in [0.25, 0.3) is 5.12 Å². The number of nitrogens with two attached hydrogens (primary N) is 1. The fourth-order valence-electron chi connectivity index (χ4n) is 0.914. The molecule has 1 unspecified atom stereocenters. The summed E-state index contributed by atoms with van der Waals surface area (Å²) in [6.07, 6.45) is 0. The van der Waals surface area contributed by atoms with Crippen LogP contribution in [0.15, 0.2) is 24.3 Å². The summed E-state index contributed by atoms with van der Waals surface area (Å²) in [5.41, 5.74) is 6.78. The molecule has 1 aromatic rings. The van der Waals surface area contributed by atoms with Gasteiger partial charge in [0.2, 0.25) is 0 Å². The molecule has 3 nitrogen and oxygen atoms in total. The van der Waals surface area contributed by atoms with Gasteiger partial charge in [-0.15, -0.1) is 0 Å². The summed E-state index contributed by atoms with van der Waals surface area (Å²) in [6, 6.07) is 7.10. The molecule has 1 aliphatic heterocycles.